The van der Waals surface area contributed by atoms with Crippen molar-refractivity contribution in [1.29, 1.82) is 0 Å². The molecule has 1 fully saturated rings. The second kappa shape index (κ2) is 6.75. The number of hydrogen-bond acceptors (Lipinski definition) is 2. The van der Waals surface area contributed by atoms with E-state index in [9.17, 15) is 18.0 Å². The summed E-state index contributed by atoms with van der Waals surface area (Å²) in [5.74, 6) is 0. The molecule has 0 aliphatic carbocycles. The quantitative estimate of drug-likeness (QED) is 0.873. The van der Waals surface area contributed by atoms with E-state index in [1.54, 1.807) is 4.90 Å². The van der Waals surface area contributed by atoms with Crippen molar-refractivity contribution in [3.8, 4) is 0 Å². The summed E-state index contributed by atoms with van der Waals surface area (Å²) in [5.41, 5.74) is -0.537. The van der Waals surface area contributed by atoms with Gasteiger partial charge in [-0.25, -0.2) is 4.79 Å². The largest absolute Gasteiger partial charge is 0.417 e. The van der Waals surface area contributed by atoms with Gasteiger partial charge in [0, 0.05) is 32.2 Å². The minimum atomic E-state index is -4.51. The Morgan fingerprint density at radius 1 is 1.50 bits per heavy atom. The smallest absolute Gasteiger partial charge is 0.334 e. The van der Waals surface area contributed by atoms with Crippen molar-refractivity contribution in [3.05, 3.63) is 34.3 Å². The zero-order chi connectivity index (χ0) is 16.3. The highest BCUT2D eigenvalue weighted by Crippen LogP contribution is 2.35. The summed E-state index contributed by atoms with van der Waals surface area (Å²) in [5, 5.41) is 5.50. The van der Waals surface area contributed by atoms with Gasteiger partial charge in [0.15, 0.2) is 0 Å². The van der Waals surface area contributed by atoms with Gasteiger partial charge in [0.1, 0.15) is 0 Å². The molecule has 22 heavy (non-hydrogen) atoms. The van der Waals surface area contributed by atoms with Gasteiger partial charge < -0.3 is 15.5 Å². The molecule has 1 saturated heterocycles. The summed E-state index contributed by atoms with van der Waals surface area (Å²) >= 11 is 5.56. The van der Waals surface area contributed by atoms with Gasteiger partial charge in [0.05, 0.1) is 10.6 Å². The van der Waals surface area contributed by atoms with Gasteiger partial charge in [-0.1, -0.05) is 17.7 Å². The fourth-order valence-corrected chi connectivity index (χ4v) is 2.53. The first-order chi connectivity index (χ1) is 10.3. The van der Waals surface area contributed by atoms with Crippen LogP contribution in [0, 0.1) is 0 Å². The average molecular weight is 336 g/mol. The van der Waals surface area contributed by atoms with Gasteiger partial charge in [-0.15, -0.1) is 0 Å². The van der Waals surface area contributed by atoms with Crippen LogP contribution in [-0.4, -0.2) is 36.6 Å². The summed E-state index contributed by atoms with van der Waals surface area (Å²) in [6.45, 7) is 3.84. The third kappa shape index (κ3) is 4.27. The lowest BCUT2D eigenvalue weighted by atomic mass is 10.1. The van der Waals surface area contributed by atoms with Crippen molar-refractivity contribution < 1.29 is 18.0 Å². The summed E-state index contributed by atoms with van der Waals surface area (Å²) in [6.07, 6.45) is -4.51. The number of halogens is 4. The molecule has 1 aromatic rings. The fraction of sp³-hybridized carbons (Fsp3) is 0.500. The van der Waals surface area contributed by atoms with Crippen LogP contribution in [0.2, 0.25) is 5.02 Å². The van der Waals surface area contributed by atoms with Gasteiger partial charge in [0.25, 0.3) is 0 Å². The van der Waals surface area contributed by atoms with E-state index in [2.05, 4.69) is 10.6 Å². The van der Waals surface area contributed by atoms with Crippen molar-refractivity contribution in [3.63, 3.8) is 0 Å². The van der Waals surface area contributed by atoms with Crippen LogP contribution in [-0.2, 0) is 12.7 Å². The SMILES string of the molecule is C[C@@H]1CN(C(=O)NCc2ccc(Cl)c(C(F)(F)F)c2)CCN1. The van der Waals surface area contributed by atoms with Gasteiger partial charge in [-0.05, 0) is 24.6 Å². The number of piperazine rings is 1. The number of benzene rings is 1. The maximum atomic E-state index is 12.8. The van der Waals surface area contributed by atoms with Crippen molar-refractivity contribution in [2.75, 3.05) is 19.6 Å². The van der Waals surface area contributed by atoms with Gasteiger partial charge in [-0.2, -0.15) is 13.2 Å². The van der Waals surface area contributed by atoms with Crippen LogP contribution >= 0.6 is 11.6 Å². The Morgan fingerprint density at radius 2 is 2.23 bits per heavy atom. The molecule has 1 aromatic carbocycles. The highest BCUT2D eigenvalue weighted by atomic mass is 35.5. The topological polar surface area (TPSA) is 44.4 Å². The second-order valence-electron chi connectivity index (χ2n) is 5.27. The zero-order valence-corrected chi connectivity index (χ0v) is 12.8. The Morgan fingerprint density at radius 3 is 2.86 bits per heavy atom. The third-order valence-electron chi connectivity index (χ3n) is 3.44. The fourth-order valence-electron chi connectivity index (χ4n) is 2.31. The molecule has 1 heterocycles. The molecule has 0 aromatic heterocycles. The van der Waals surface area contributed by atoms with E-state index < -0.39 is 11.7 Å². The van der Waals surface area contributed by atoms with Crippen molar-refractivity contribution in [2.24, 2.45) is 0 Å². The van der Waals surface area contributed by atoms with Crippen LogP contribution < -0.4 is 10.6 Å². The van der Waals surface area contributed by atoms with E-state index in [0.29, 0.717) is 25.2 Å². The van der Waals surface area contributed by atoms with Crippen molar-refractivity contribution in [1.82, 2.24) is 15.5 Å². The third-order valence-corrected chi connectivity index (χ3v) is 3.77. The van der Waals surface area contributed by atoms with Gasteiger partial charge in [-0.3, -0.25) is 0 Å². The molecule has 1 aliphatic heterocycles. The molecule has 0 bridgehead atoms. The molecule has 1 atom stereocenters. The molecule has 2 amide bonds. The predicted molar refractivity (Wildman–Crippen MR) is 77.7 cm³/mol. The lowest BCUT2D eigenvalue weighted by Gasteiger charge is -2.31. The maximum absolute atomic E-state index is 12.8. The van der Waals surface area contributed by atoms with E-state index in [-0.39, 0.29) is 23.6 Å². The summed E-state index contributed by atoms with van der Waals surface area (Å²) in [7, 11) is 0. The number of carbonyl (C=O) groups is 1. The van der Waals surface area contributed by atoms with Crippen LogP contribution in [0.4, 0.5) is 18.0 Å². The lowest BCUT2D eigenvalue weighted by molar-refractivity contribution is -0.137. The Hall–Kier alpha value is -1.47. The minimum absolute atomic E-state index is 0.0252. The molecule has 0 spiro atoms. The van der Waals surface area contributed by atoms with Crippen LogP contribution in [0.25, 0.3) is 0 Å². The van der Waals surface area contributed by atoms with Crippen LogP contribution in [0.15, 0.2) is 18.2 Å². The molecule has 0 radical (unpaired) electrons. The van der Waals surface area contributed by atoms with Crippen LogP contribution in [0.5, 0.6) is 0 Å². The number of urea groups is 1. The Kier molecular flexibility index (Phi) is 5.18. The molecular formula is C14H17ClF3N3O. The molecule has 0 unspecified atom stereocenters. The predicted octanol–water partition coefficient (Wildman–Crippen LogP) is 2.86. The number of alkyl halides is 3. The van der Waals surface area contributed by atoms with E-state index in [1.165, 1.54) is 12.1 Å². The number of carbonyl (C=O) groups excluding carboxylic acids is 1. The molecule has 2 N–H and O–H groups in total. The van der Waals surface area contributed by atoms with E-state index in [4.69, 9.17) is 11.6 Å². The van der Waals surface area contributed by atoms with Gasteiger partial charge >= 0.3 is 12.2 Å². The Labute approximate surface area is 131 Å². The Bertz CT molecular complexity index is 551. The van der Waals surface area contributed by atoms with Crippen molar-refractivity contribution >= 4 is 17.6 Å². The number of nitrogens with one attached hydrogen (secondary N) is 2. The second-order valence-corrected chi connectivity index (χ2v) is 5.68. The summed E-state index contributed by atoms with van der Waals surface area (Å²) < 4.78 is 38.3. The number of nitrogens with zero attached hydrogens (tertiary/aromatic N) is 1. The zero-order valence-electron chi connectivity index (χ0n) is 12.0. The monoisotopic (exact) mass is 335 g/mol. The average Bonchev–Trinajstić information content (AvgIpc) is 2.45. The highest BCUT2D eigenvalue weighted by Gasteiger charge is 2.33. The van der Waals surface area contributed by atoms with Crippen LogP contribution in [0.3, 0.4) is 0 Å². The maximum Gasteiger partial charge on any atom is 0.417 e. The molecule has 8 heteroatoms. The first-order valence-electron chi connectivity index (χ1n) is 6.89. The van der Waals surface area contributed by atoms with Gasteiger partial charge in [0.2, 0.25) is 0 Å². The minimum Gasteiger partial charge on any atom is -0.334 e. The highest BCUT2D eigenvalue weighted by molar-refractivity contribution is 6.31. The molecular weight excluding hydrogens is 319 g/mol. The van der Waals surface area contributed by atoms with Crippen molar-refractivity contribution in [2.45, 2.75) is 25.7 Å². The molecule has 0 saturated carbocycles. The van der Waals surface area contributed by atoms with Crippen LogP contribution in [0.1, 0.15) is 18.1 Å². The number of rotatable bonds is 2. The molecule has 1 aliphatic rings. The molecule has 122 valence electrons. The standard InChI is InChI=1S/C14H17ClF3N3O/c1-9-8-21(5-4-19-9)13(22)20-7-10-2-3-12(15)11(6-10)14(16,17)18/h2-3,6,9,19H,4-5,7-8H2,1H3,(H,20,22)/t9-/m1/s1. The Balaban J connectivity index is 1.98. The number of hydrogen-bond donors (Lipinski definition) is 2. The van der Waals surface area contributed by atoms with E-state index in [1.807, 2.05) is 6.92 Å². The number of amides is 2. The first-order valence-corrected chi connectivity index (χ1v) is 7.27. The summed E-state index contributed by atoms with van der Waals surface area (Å²) in [6, 6.07) is 3.55. The summed E-state index contributed by atoms with van der Waals surface area (Å²) in [4.78, 5) is 13.6. The normalized spacial score (nSPS) is 19.1. The van der Waals surface area contributed by atoms with E-state index >= 15 is 0 Å². The molecule has 2 rings (SSSR count). The first kappa shape index (κ1) is 16.9. The van der Waals surface area contributed by atoms with E-state index in [0.717, 1.165) is 6.07 Å². The lowest BCUT2D eigenvalue weighted by Crippen LogP contribution is -2.53. The molecule has 4 nitrogen and oxygen atoms in total.